The van der Waals surface area contributed by atoms with E-state index in [0.717, 1.165) is 23.0 Å². The average molecular weight is 476 g/mol. The van der Waals surface area contributed by atoms with Crippen LogP contribution in [-0.4, -0.2) is 11.0 Å². The molecule has 0 radical (unpaired) electrons. The molecule has 36 heavy (non-hydrogen) atoms. The summed E-state index contributed by atoms with van der Waals surface area (Å²) in [5, 5.41) is 12.9. The summed E-state index contributed by atoms with van der Waals surface area (Å²) < 4.78 is 0. The first-order chi connectivity index (χ1) is 17.6. The van der Waals surface area contributed by atoms with Crippen molar-refractivity contribution in [3.63, 3.8) is 0 Å². The van der Waals surface area contributed by atoms with Crippen molar-refractivity contribution in [2.75, 3.05) is 0 Å². The van der Waals surface area contributed by atoms with Gasteiger partial charge >= 0.3 is 0 Å². The summed E-state index contributed by atoms with van der Waals surface area (Å²) in [6.07, 6.45) is 10.3. The smallest absolute Gasteiger partial charge is 0.244 e. The average Bonchev–Trinajstić information content (AvgIpc) is 2.90. The molecule has 3 aromatic rings. The Balaban J connectivity index is 1.25. The molecule has 0 atom stereocenters. The lowest BCUT2D eigenvalue weighted by Crippen LogP contribution is -2.40. The highest BCUT2D eigenvalue weighted by atomic mass is 16.3. The standard InChI is InChI=1S/C33H33NO2/c35-30-13-11-27(12-14-30)32(33-28-17-24-16-25(19-28)20-29(33)18-24)26-9-6-22(7-10-26)8-15-31(36)34-21-23-4-2-1-3-5-23/h1-15,24-25,28-29,35H,16-21H2,(H,34,36)/b15-8+,33-32?. The van der Waals surface area contributed by atoms with Crippen molar-refractivity contribution < 1.29 is 9.90 Å². The maximum absolute atomic E-state index is 12.3. The van der Waals surface area contributed by atoms with Gasteiger partial charge < -0.3 is 10.4 Å². The largest absolute Gasteiger partial charge is 0.508 e. The van der Waals surface area contributed by atoms with Crippen LogP contribution < -0.4 is 5.32 Å². The molecule has 4 saturated carbocycles. The molecule has 4 aliphatic carbocycles. The molecule has 182 valence electrons. The Bertz CT molecular complexity index is 1260. The molecule has 0 aliphatic heterocycles. The molecule has 0 aromatic heterocycles. The summed E-state index contributed by atoms with van der Waals surface area (Å²) in [6, 6.07) is 26.3. The van der Waals surface area contributed by atoms with Crippen molar-refractivity contribution in [3.8, 4) is 5.75 Å². The van der Waals surface area contributed by atoms with Crippen LogP contribution in [0.5, 0.6) is 5.75 Å². The molecule has 7 rings (SSSR count). The summed E-state index contributed by atoms with van der Waals surface area (Å²) in [7, 11) is 0. The zero-order valence-electron chi connectivity index (χ0n) is 20.6. The molecule has 0 spiro atoms. The van der Waals surface area contributed by atoms with Crippen LogP contribution in [-0.2, 0) is 11.3 Å². The van der Waals surface area contributed by atoms with E-state index in [0.29, 0.717) is 24.1 Å². The van der Waals surface area contributed by atoms with Crippen LogP contribution in [0.1, 0.15) is 54.4 Å². The SMILES string of the molecule is O=C(/C=C/c1ccc(C(=C2C3CC4CC(C3)CC2C4)c2ccc(O)cc2)cc1)NCc1ccccc1. The Morgan fingerprint density at radius 2 is 1.36 bits per heavy atom. The molecular weight excluding hydrogens is 442 g/mol. The number of benzene rings is 3. The van der Waals surface area contributed by atoms with Gasteiger partial charge in [0.1, 0.15) is 5.75 Å². The van der Waals surface area contributed by atoms with E-state index in [1.54, 1.807) is 23.8 Å². The number of phenols is 1. The lowest BCUT2D eigenvalue weighted by Gasteiger charge is -2.52. The van der Waals surface area contributed by atoms with Crippen molar-refractivity contribution >= 4 is 17.6 Å². The number of carbonyl (C=O) groups is 1. The van der Waals surface area contributed by atoms with Gasteiger partial charge in [-0.25, -0.2) is 0 Å². The van der Waals surface area contributed by atoms with Crippen molar-refractivity contribution in [1.82, 2.24) is 5.32 Å². The maximum atomic E-state index is 12.3. The maximum Gasteiger partial charge on any atom is 0.244 e. The van der Waals surface area contributed by atoms with Crippen LogP contribution in [0.3, 0.4) is 0 Å². The summed E-state index contributed by atoms with van der Waals surface area (Å²) in [6.45, 7) is 0.524. The van der Waals surface area contributed by atoms with Gasteiger partial charge in [0, 0.05) is 12.6 Å². The van der Waals surface area contributed by atoms with Gasteiger partial charge in [0.05, 0.1) is 0 Å². The third-order valence-electron chi connectivity index (χ3n) is 8.40. The third-order valence-corrected chi connectivity index (χ3v) is 8.40. The van der Waals surface area contributed by atoms with Crippen molar-refractivity contribution in [2.45, 2.75) is 38.6 Å². The van der Waals surface area contributed by atoms with Crippen LogP contribution in [0.4, 0.5) is 0 Å². The molecule has 4 fully saturated rings. The van der Waals surface area contributed by atoms with Gasteiger partial charge in [-0.15, -0.1) is 0 Å². The topological polar surface area (TPSA) is 49.3 Å². The molecule has 0 saturated heterocycles. The second kappa shape index (κ2) is 9.81. The van der Waals surface area contributed by atoms with Gasteiger partial charge in [0.25, 0.3) is 0 Å². The number of phenolic OH excluding ortho intramolecular Hbond substituents is 1. The van der Waals surface area contributed by atoms with Crippen LogP contribution >= 0.6 is 0 Å². The second-order valence-corrected chi connectivity index (χ2v) is 10.8. The fourth-order valence-electron chi connectivity index (χ4n) is 7.01. The number of carbonyl (C=O) groups excluding carboxylic acids is 1. The Morgan fingerprint density at radius 3 is 1.97 bits per heavy atom. The molecule has 2 N–H and O–H groups in total. The molecule has 0 unspecified atom stereocenters. The summed E-state index contributed by atoms with van der Waals surface area (Å²) >= 11 is 0. The zero-order chi connectivity index (χ0) is 24.5. The number of nitrogens with one attached hydrogen (secondary N) is 1. The van der Waals surface area contributed by atoms with Gasteiger partial charge in [0.2, 0.25) is 5.91 Å². The van der Waals surface area contributed by atoms with Crippen LogP contribution in [0.25, 0.3) is 11.6 Å². The predicted molar refractivity (Wildman–Crippen MR) is 145 cm³/mol. The van der Waals surface area contributed by atoms with E-state index in [2.05, 4.69) is 41.7 Å². The number of hydrogen-bond donors (Lipinski definition) is 2. The summed E-state index contributed by atoms with van der Waals surface area (Å²) in [5.41, 5.74) is 7.53. The lowest BCUT2D eigenvalue weighted by atomic mass is 9.53. The third kappa shape index (κ3) is 4.75. The van der Waals surface area contributed by atoms with Gasteiger partial charge in [0.15, 0.2) is 0 Å². The van der Waals surface area contributed by atoms with E-state index in [9.17, 15) is 9.90 Å². The number of rotatable bonds is 6. The molecule has 3 aromatic carbocycles. The number of allylic oxidation sites excluding steroid dienone is 1. The first kappa shape index (κ1) is 22.8. The summed E-state index contributed by atoms with van der Waals surface area (Å²) in [5.74, 6) is 3.43. The number of aromatic hydroxyl groups is 1. The fourth-order valence-corrected chi connectivity index (χ4v) is 7.01. The Labute approximate surface area is 213 Å². The first-order valence-electron chi connectivity index (χ1n) is 13.3. The molecule has 4 bridgehead atoms. The zero-order valence-corrected chi connectivity index (χ0v) is 20.6. The van der Waals surface area contributed by atoms with Crippen LogP contribution in [0, 0.1) is 23.7 Å². The van der Waals surface area contributed by atoms with Crippen LogP contribution in [0.2, 0.25) is 0 Å². The minimum Gasteiger partial charge on any atom is -0.508 e. The van der Waals surface area contributed by atoms with Crippen molar-refractivity contribution in [1.29, 1.82) is 0 Å². The Hall–Kier alpha value is -3.59. The van der Waals surface area contributed by atoms with E-state index < -0.39 is 0 Å². The molecule has 3 nitrogen and oxygen atoms in total. The molecule has 0 heterocycles. The Morgan fingerprint density at radius 1 is 0.778 bits per heavy atom. The monoisotopic (exact) mass is 475 g/mol. The highest BCUT2D eigenvalue weighted by Gasteiger charge is 2.46. The van der Waals surface area contributed by atoms with Gasteiger partial charge in [-0.3, -0.25) is 4.79 Å². The van der Waals surface area contributed by atoms with Crippen molar-refractivity contribution in [2.24, 2.45) is 23.7 Å². The number of hydrogen-bond acceptors (Lipinski definition) is 2. The van der Waals surface area contributed by atoms with E-state index in [4.69, 9.17) is 0 Å². The molecule has 1 amide bonds. The highest BCUT2D eigenvalue weighted by molar-refractivity contribution is 5.92. The second-order valence-electron chi connectivity index (χ2n) is 10.8. The van der Waals surface area contributed by atoms with Crippen molar-refractivity contribution in [3.05, 3.63) is 113 Å². The van der Waals surface area contributed by atoms with Gasteiger partial charge in [-0.2, -0.15) is 0 Å². The number of amides is 1. The first-order valence-corrected chi connectivity index (χ1v) is 13.3. The van der Waals surface area contributed by atoms with E-state index >= 15 is 0 Å². The quantitative estimate of drug-likeness (QED) is 0.378. The lowest BCUT2D eigenvalue weighted by molar-refractivity contribution is -0.116. The normalized spacial score (nSPS) is 24.3. The highest BCUT2D eigenvalue weighted by Crippen LogP contribution is 2.58. The molecular formula is C33H33NO2. The van der Waals surface area contributed by atoms with Crippen LogP contribution in [0.15, 0.2) is 90.5 Å². The van der Waals surface area contributed by atoms with Gasteiger partial charge in [-0.1, -0.05) is 72.3 Å². The minimum atomic E-state index is -0.0941. The fraction of sp³-hybridized carbons (Fsp3) is 0.303. The van der Waals surface area contributed by atoms with E-state index in [1.165, 1.54) is 48.8 Å². The molecule has 4 aliphatic rings. The van der Waals surface area contributed by atoms with E-state index in [1.807, 2.05) is 36.4 Å². The minimum absolute atomic E-state index is 0.0941. The predicted octanol–water partition coefficient (Wildman–Crippen LogP) is 6.98. The Kier molecular flexibility index (Phi) is 6.23. The van der Waals surface area contributed by atoms with Gasteiger partial charge in [-0.05, 0) is 102 Å². The summed E-state index contributed by atoms with van der Waals surface area (Å²) in [4.78, 5) is 12.3. The molecule has 3 heteroatoms. The van der Waals surface area contributed by atoms with E-state index in [-0.39, 0.29) is 5.91 Å².